The van der Waals surface area contributed by atoms with Crippen LogP contribution in [0.2, 0.25) is 0 Å². The molecule has 320 valence electrons. The van der Waals surface area contributed by atoms with Gasteiger partial charge in [-0.15, -0.1) is 0 Å². The smallest absolute Gasteiger partial charge is 0.0540 e. The van der Waals surface area contributed by atoms with E-state index in [2.05, 4.69) is 289 Å². The van der Waals surface area contributed by atoms with Crippen molar-refractivity contribution in [3.63, 3.8) is 0 Å². The Hall–Kier alpha value is -8.98. The topological polar surface area (TPSA) is 6.48 Å². The number of benzene rings is 12. The summed E-state index contributed by atoms with van der Waals surface area (Å²) in [5, 5.41) is 7.42. The van der Waals surface area contributed by atoms with E-state index < -0.39 is 0 Å². The summed E-state index contributed by atoms with van der Waals surface area (Å²) < 4.78 is 0. The van der Waals surface area contributed by atoms with Crippen molar-refractivity contribution >= 4 is 66.4 Å². The van der Waals surface area contributed by atoms with Crippen molar-refractivity contribution < 1.29 is 0 Å². The summed E-state index contributed by atoms with van der Waals surface area (Å²) in [6, 6.07) is 101. The first kappa shape index (κ1) is 40.5. The quantitative estimate of drug-likeness (QED) is 0.135. The van der Waals surface area contributed by atoms with Crippen LogP contribution in [0, 0.1) is 0 Å². The molecule has 0 amide bonds. The van der Waals surface area contributed by atoms with Crippen LogP contribution in [0.5, 0.6) is 0 Å². The molecule has 0 unspecified atom stereocenters. The fourth-order valence-electron chi connectivity index (χ4n) is 9.85. The van der Waals surface area contributed by atoms with E-state index in [0.717, 1.165) is 45.3 Å². The molecule has 12 rings (SSSR count). The Labute approximate surface area is 397 Å². The van der Waals surface area contributed by atoms with Crippen LogP contribution in [0.4, 0.5) is 34.1 Å². The Kier molecular flexibility index (Phi) is 10.6. The van der Waals surface area contributed by atoms with Gasteiger partial charge in [-0.05, 0) is 138 Å². The molecular weight excluding hydrogens is 821 g/mol. The molecule has 0 aliphatic heterocycles. The minimum absolute atomic E-state index is 1.09. The predicted molar refractivity (Wildman–Crippen MR) is 290 cm³/mol. The van der Waals surface area contributed by atoms with E-state index >= 15 is 0 Å². The predicted octanol–water partition coefficient (Wildman–Crippen LogP) is 18.8. The first-order chi connectivity index (χ1) is 33.7. The van der Waals surface area contributed by atoms with Crippen LogP contribution in [-0.4, -0.2) is 0 Å². The molecule has 0 spiro atoms. The largest absolute Gasteiger partial charge is 0.311 e. The second kappa shape index (κ2) is 17.8. The van der Waals surface area contributed by atoms with E-state index in [1.807, 2.05) is 0 Å². The average molecular weight is 867 g/mol. The molecule has 2 heteroatoms. The van der Waals surface area contributed by atoms with E-state index in [4.69, 9.17) is 0 Å². The minimum atomic E-state index is 1.09. The first-order valence-corrected chi connectivity index (χ1v) is 23.3. The molecule has 0 heterocycles. The summed E-state index contributed by atoms with van der Waals surface area (Å²) in [5.41, 5.74) is 16.2. The van der Waals surface area contributed by atoms with Gasteiger partial charge < -0.3 is 9.80 Å². The third kappa shape index (κ3) is 7.74. The fraction of sp³-hybridized carbons (Fsp3) is 0. The lowest BCUT2D eigenvalue weighted by Gasteiger charge is -2.27. The molecule has 0 saturated carbocycles. The maximum atomic E-state index is 2.37. The van der Waals surface area contributed by atoms with E-state index in [9.17, 15) is 0 Å². The first-order valence-electron chi connectivity index (χ1n) is 23.3. The number of rotatable bonds is 10. The third-order valence-electron chi connectivity index (χ3n) is 13.3. The molecule has 0 N–H and O–H groups in total. The maximum Gasteiger partial charge on any atom is 0.0540 e. The second-order valence-electron chi connectivity index (χ2n) is 17.3. The SMILES string of the molecule is c1ccc(-c2ccc(N(c3ccc(-c4ccc(N(c5ccc(-c6cccc7ccccc67)cc5)c5ccc(-c6cccc7ccccc67)cc5)cc4)cc3)c3cccc4ccccc34)cc2)cc1. The summed E-state index contributed by atoms with van der Waals surface area (Å²) in [6.07, 6.45) is 0. The highest BCUT2D eigenvalue weighted by Crippen LogP contribution is 2.42. The van der Waals surface area contributed by atoms with Crippen LogP contribution in [0.1, 0.15) is 0 Å². The highest BCUT2D eigenvalue weighted by Gasteiger charge is 2.18. The van der Waals surface area contributed by atoms with Crippen molar-refractivity contribution in [3.05, 3.63) is 279 Å². The molecule has 0 fully saturated rings. The molecule has 0 aliphatic carbocycles. The van der Waals surface area contributed by atoms with Gasteiger partial charge in [0.15, 0.2) is 0 Å². The van der Waals surface area contributed by atoms with Crippen molar-refractivity contribution in [2.75, 3.05) is 9.80 Å². The lowest BCUT2D eigenvalue weighted by atomic mass is 9.97. The Bertz CT molecular complexity index is 3550. The number of hydrogen-bond donors (Lipinski definition) is 0. The summed E-state index contributed by atoms with van der Waals surface area (Å²) in [7, 11) is 0. The van der Waals surface area contributed by atoms with Gasteiger partial charge in [0.2, 0.25) is 0 Å². The molecular formula is C66H46N2. The summed E-state index contributed by atoms with van der Waals surface area (Å²) in [6.45, 7) is 0. The fourth-order valence-corrected chi connectivity index (χ4v) is 9.85. The van der Waals surface area contributed by atoms with Crippen LogP contribution >= 0.6 is 0 Å². The molecule has 68 heavy (non-hydrogen) atoms. The highest BCUT2D eigenvalue weighted by molar-refractivity contribution is 6.00. The summed E-state index contributed by atoms with van der Waals surface area (Å²) in [5.74, 6) is 0. The Morgan fingerprint density at radius 2 is 0.471 bits per heavy atom. The average Bonchev–Trinajstić information content (AvgIpc) is 3.42. The summed E-state index contributed by atoms with van der Waals surface area (Å²) in [4.78, 5) is 4.73. The highest BCUT2D eigenvalue weighted by atomic mass is 15.1. The van der Waals surface area contributed by atoms with Gasteiger partial charge in [0.05, 0.1) is 5.69 Å². The number of hydrogen-bond acceptors (Lipinski definition) is 2. The van der Waals surface area contributed by atoms with Crippen molar-refractivity contribution in [2.45, 2.75) is 0 Å². The zero-order chi connectivity index (χ0) is 45.2. The van der Waals surface area contributed by atoms with E-state index in [-0.39, 0.29) is 0 Å². The van der Waals surface area contributed by atoms with Gasteiger partial charge in [0, 0.05) is 33.8 Å². The van der Waals surface area contributed by atoms with Gasteiger partial charge in [0.25, 0.3) is 0 Å². The minimum Gasteiger partial charge on any atom is -0.311 e. The van der Waals surface area contributed by atoms with Gasteiger partial charge >= 0.3 is 0 Å². The van der Waals surface area contributed by atoms with Gasteiger partial charge in [-0.1, -0.05) is 212 Å². The van der Waals surface area contributed by atoms with E-state index in [0.29, 0.717) is 0 Å². The number of anilines is 6. The molecule has 0 saturated heterocycles. The van der Waals surface area contributed by atoms with Crippen molar-refractivity contribution in [1.29, 1.82) is 0 Å². The molecule has 2 nitrogen and oxygen atoms in total. The molecule has 0 radical (unpaired) electrons. The zero-order valence-electron chi connectivity index (χ0n) is 37.5. The lowest BCUT2D eigenvalue weighted by Crippen LogP contribution is -2.10. The van der Waals surface area contributed by atoms with E-state index in [1.165, 1.54) is 65.7 Å². The van der Waals surface area contributed by atoms with Crippen LogP contribution in [0.3, 0.4) is 0 Å². The monoisotopic (exact) mass is 866 g/mol. The molecule has 0 aromatic heterocycles. The lowest BCUT2D eigenvalue weighted by molar-refractivity contribution is 1.28. The van der Waals surface area contributed by atoms with Gasteiger partial charge in [-0.2, -0.15) is 0 Å². The third-order valence-corrected chi connectivity index (χ3v) is 13.3. The molecule has 0 bridgehead atoms. The van der Waals surface area contributed by atoms with Crippen molar-refractivity contribution in [3.8, 4) is 44.5 Å². The van der Waals surface area contributed by atoms with Crippen LogP contribution < -0.4 is 9.80 Å². The molecule has 12 aromatic carbocycles. The Morgan fingerprint density at radius 1 is 0.176 bits per heavy atom. The van der Waals surface area contributed by atoms with Gasteiger partial charge in [-0.3, -0.25) is 0 Å². The van der Waals surface area contributed by atoms with Crippen molar-refractivity contribution in [1.82, 2.24) is 0 Å². The Balaban J connectivity index is 0.890. The second-order valence-corrected chi connectivity index (χ2v) is 17.3. The molecule has 0 atom stereocenters. The van der Waals surface area contributed by atoms with Gasteiger partial charge in [-0.25, -0.2) is 0 Å². The summed E-state index contributed by atoms with van der Waals surface area (Å²) >= 11 is 0. The van der Waals surface area contributed by atoms with Crippen molar-refractivity contribution in [2.24, 2.45) is 0 Å². The Morgan fingerprint density at radius 3 is 0.897 bits per heavy atom. The number of nitrogens with zero attached hydrogens (tertiary/aromatic N) is 2. The standard InChI is InChI=1S/C66H46N2/c1-2-13-47(14-3-1)48-29-39-59(40-30-48)68(66-26-12-20-53-17-6-9-23-65(53)66)60-41-31-50(32-42-60)49-27-37-56(38-28-49)67(57-43-33-54(34-44-57)63-24-10-18-51-15-4-7-21-61(51)63)58-45-35-55(36-46-58)64-25-11-19-52-16-5-8-22-62(52)64/h1-46H. The normalized spacial score (nSPS) is 11.2. The van der Waals surface area contributed by atoms with Crippen LogP contribution in [0.25, 0.3) is 76.8 Å². The van der Waals surface area contributed by atoms with Gasteiger partial charge in [0.1, 0.15) is 0 Å². The molecule has 12 aromatic rings. The van der Waals surface area contributed by atoms with Crippen LogP contribution in [0.15, 0.2) is 279 Å². The molecule has 0 aliphatic rings. The van der Waals surface area contributed by atoms with Crippen LogP contribution in [-0.2, 0) is 0 Å². The number of fused-ring (bicyclic) bond motifs is 3. The van der Waals surface area contributed by atoms with E-state index in [1.54, 1.807) is 0 Å². The zero-order valence-corrected chi connectivity index (χ0v) is 37.5. The maximum absolute atomic E-state index is 2.37.